The largest absolute Gasteiger partial charge is 0.437 e. The molecule has 0 saturated carbocycles. The minimum Gasteiger partial charge on any atom is -0.437 e. The summed E-state index contributed by atoms with van der Waals surface area (Å²) in [5.74, 6) is 2.04. The summed E-state index contributed by atoms with van der Waals surface area (Å²) in [5, 5.41) is 0. The van der Waals surface area contributed by atoms with Crippen molar-refractivity contribution in [3.05, 3.63) is 54.9 Å². The van der Waals surface area contributed by atoms with Crippen LogP contribution in [0, 0.1) is 0 Å². The van der Waals surface area contributed by atoms with Crippen LogP contribution in [-0.2, 0) is 0 Å². The maximum Gasteiger partial charge on any atom is 0.248 e. The molecule has 0 atom stereocenters. The van der Waals surface area contributed by atoms with E-state index in [1.807, 2.05) is 24.3 Å². The number of nitrogens with zero attached hydrogens (tertiary/aromatic N) is 4. The number of benzene rings is 1. The zero-order valence-electron chi connectivity index (χ0n) is 12.5. The van der Waals surface area contributed by atoms with Gasteiger partial charge in [0.15, 0.2) is 5.82 Å². The van der Waals surface area contributed by atoms with Crippen molar-refractivity contribution in [2.75, 3.05) is 5.73 Å². The Labute approximate surface area is 128 Å². The Morgan fingerprint density at radius 1 is 1.14 bits per heavy atom. The standard InChI is InChI=1S/C16H17N5O/c1-11(2)12-3-5-13(6-4-12)22-16-14(17)15(19-9-20-16)21-8-7-18-10-21/h3-11H,17H2,1-2H3. The number of aromatic nitrogens is 4. The third kappa shape index (κ3) is 2.76. The van der Waals surface area contributed by atoms with Gasteiger partial charge in [0.05, 0.1) is 0 Å². The van der Waals surface area contributed by atoms with E-state index in [1.165, 1.54) is 11.9 Å². The van der Waals surface area contributed by atoms with Crippen molar-refractivity contribution >= 4 is 5.69 Å². The number of anilines is 1. The Kier molecular flexibility index (Phi) is 3.74. The Hall–Kier alpha value is -2.89. The molecular formula is C16H17N5O. The summed E-state index contributed by atoms with van der Waals surface area (Å²) in [7, 11) is 0. The summed E-state index contributed by atoms with van der Waals surface area (Å²) in [4.78, 5) is 12.3. The third-order valence-electron chi connectivity index (χ3n) is 3.34. The van der Waals surface area contributed by atoms with Gasteiger partial charge in [0.25, 0.3) is 0 Å². The van der Waals surface area contributed by atoms with Crippen molar-refractivity contribution in [2.24, 2.45) is 0 Å². The summed E-state index contributed by atoms with van der Waals surface area (Å²) in [6.07, 6.45) is 6.47. The summed E-state index contributed by atoms with van der Waals surface area (Å²) in [5.41, 5.74) is 7.72. The molecule has 0 fully saturated rings. The molecule has 112 valence electrons. The van der Waals surface area contributed by atoms with E-state index in [9.17, 15) is 0 Å². The molecule has 1 aromatic carbocycles. The highest BCUT2D eigenvalue weighted by Crippen LogP contribution is 2.29. The minimum absolute atomic E-state index is 0.330. The van der Waals surface area contributed by atoms with Crippen LogP contribution >= 0.6 is 0 Å². The second-order valence-electron chi connectivity index (χ2n) is 5.21. The maximum absolute atomic E-state index is 6.10. The molecule has 0 aliphatic rings. The average molecular weight is 295 g/mol. The van der Waals surface area contributed by atoms with Crippen LogP contribution in [0.25, 0.3) is 5.82 Å². The molecule has 2 aromatic heterocycles. The van der Waals surface area contributed by atoms with Crippen molar-refractivity contribution in [2.45, 2.75) is 19.8 Å². The van der Waals surface area contributed by atoms with Gasteiger partial charge in [-0.05, 0) is 23.6 Å². The van der Waals surface area contributed by atoms with E-state index in [4.69, 9.17) is 10.5 Å². The first-order valence-electron chi connectivity index (χ1n) is 7.02. The maximum atomic E-state index is 6.10. The molecule has 2 N–H and O–H groups in total. The number of nitrogens with two attached hydrogens (primary N) is 1. The second-order valence-corrected chi connectivity index (χ2v) is 5.21. The Morgan fingerprint density at radius 3 is 2.55 bits per heavy atom. The zero-order chi connectivity index (χ0) is 15.5. The molecule has 2 heterocycles. The van der Waals surface area contributed by atoms with E-state index in [0.717, 1.165) is 0 Å². The summed E-state index contributed by atoms with van der Waals surface area (Å²) >= 11 is 0. The summed E-state index contributed by atoms with van der Waals surface area (Å²) in [6.45, 7) is 4.30. The van der Waals surface area contributed by atoms with Gasteiger partial charge in [-0.3, -0.25) is 4.57 Å². The number of nitrogen functional groups attached to an aromatic ring is 1. The number of ether oxygens (including phenoxy) is 1. The number of hydrogen-bond acceptors (Lipinski definition) is 5. The fraction of sp³-hybridized carbons (Fsp3) is 0.188. The van der Waals surface area contributed by atoms with Gasteiger partial charge in [-0.1, -0.05) is 26.0 Å². The van der Waals surface area contributed by atoms with Gasteiger partial charge in [0.1, 0.15) is 24.1 Å². The quantitative estimate of drug-likeness (QED) is 0.799. The van der Waals surface area contributed by atoms with Gasteiger partial charge in [-0.25, -0.2) is 9.97 Å². The molecule has 0 aliphatic carbocycles. The summed E-state index contributed by atoms with van der Waals surface area (Å²) in [6, 6.07) is 7.89. The first-order chi connectivity index (χ1) is 10.6. The molecule has 6 heteroatoms. The molecule has 6 nitrogen and oxygen atoms in total. The predicted molar refractivity (Wildman–Crippen MR) is 84.2 cm³/mol. The Balaban J connectivity index is 1.88. The smallest absolute Gasteiger partial charge is 0.248 e. The van der Waals surface area contributed by atoms with E-state index >= 15 is 0 Å². The van der Waals surface area contributed by atoms with Crippen LogP contribution in [0.4, 0.5) is 5.69 Å². The number of rotatable bonds is 4. The lowest BCUT2D eigenvalue weighted by Crippen LogP contribution is -2.04. The fourth-order valence-electron chi connectivity index (χ4n) is 2.07. The number of imidazole rings is 1. The molecule has 0 unspecified atom stereocenters. The van der Waals surface area contributed by atoms with Crippen molar-refractivity contribution in [1.29, 1.82) is 0 Å². The minimum atomic E-state index is 0.330. The van der Waals surface area contributed by atoms with Crippen LogP contribution in [0.3, 0.4) is 0 Å². The van der Waals surface area contributed by atoms with Gasteiger partial charge in [0, 0.05) is 12.4 Å². The molecule has 0 aliphatic heterocycles. The van der Waals surface area contributed by atoms with Gasteiger partial charge in [-0.15, -0.1) is 0 Å². The van der Waals surface area contributed by atoms with Gasteiger partial charge in [0.2, 0.25) is 5.88 Å². The molecular weight excluding hydrogens is 278 g/mol. The van der Waals surface area contributed by atoms with Crippen LogP contribution in [-0.4, -0.2) is 19.5 Å². The van der Waals surface area contributed by atoms with E-state index < -0.39 is 0 Å². The molecule has 3 rings (SSSR count). The van der Waals surface area contributed by atoms with Crippen molar-refractivity contribution in [1.82, 2.24) is 19.5 Å². The zero-order valence-corrected chi connectivity index (χ0v) is 12.5. The highest BCUT2D eigenvalue weighted by molar-refractivity contribution is 5.60. The van der Waals surface area contributed by atoms with E-state index in [-0.39, 0.29) is 0 Å². The van der Waals surface area contributed by atoms with Crippen LogP contribution < -0.4 is 10.5 Å². The first kappa shape index (κ1) is 14.1. The fourth-order valence-corrected chi connectivity index (χ4v) is 2.07. The highest BCUT2D eigenvalue weighted by Gasteiger charge is 2.11. The topological polar surface area (TPSA) is 78.9 Å². The second kappa shape index (κ2) is 5.85. The SMILES string of the molecule is CC(C)c1ccc(Oc2ncnc(-n3ccnc3)c2N)cc1. The monoisotopic (exact) mass is 295 g/mol. The average Bonchev–Trinajstić information content (AvgIpc) is 3.04. The highest BCUT2D eigenvalue weighted by atomic mass is 16.5. The first-order valence-corrected chi connectivity index (χ1v) is 7.02. The van der Waals surface area contributed by atoms with Crippen LogP contribution in [0.5, 0.6) is 11.6 Å². The lowest BCUT2D eigenvalue weighted by atomic mass is 10.0. The van der Waals surface area contributed by atoms with Crippen LogP contribution in [0.1, 0.15) is 25.3 Å². The summed E-state index contributed by atoms with van der Waals surface area (Å²) < 4.78 is 7.49. The predicted octanol–water partition coefficient (Wildman–Crippen LogP) is 3.16. The Morgan fingerprint density at radius 2 is 1.91 bits per heavy atom. The van der Waals surface area contributed by atoms with Crippen LogP contribution in [0.2, 0.25) is 0 Å². The van der Waals surface area contributed by atoms with Gasteiger partial charge >= 0.3 is 0 Å². The molecule has 0 bridgehead atoms. The number of hydrogen-bond donors (Lipinski definition) is 1. The lowest BCUT2D eigenvalue weighted by Gasteiger charge is -2.11. The molecule has 3 aromatic rings. The van der Waals surface area contributed by atoms with E-state index in [2.05, 4.69) is 28.8 Å². The molecule has 22 heavy (non-hydrogen) atoms. The molecule has 0 amide bonds. The van der Waals surface area contributed by atoms with Gasteiger partial charge in [-0.2, -0.15) is 4.98 Å². The van der Waals surface area contributed by atoms with Crippen LogP contribution in [0.15, 0.2) is 49.3 Å². The van der Waals surface area contributed by atoms with Crippen molar-refractivity contribution < 1.29 is 4.74 Å². The molecule has 0 spiro atoms. The van der Waals surface area contributed by atoms with Crippen molar-refractivity contribution in [3.63, 3.8) is 0 Å². The van der Waals surface area contributed by atoms with Gasteiger partial charge < -0.3 is 10.5 Å². The Bertz CT molecular complexity index is 751. The van der Waals surface area contributed by atoms with E-state index in [1.54, 1.807) is 23.3 Å². The third-order valence-corrected chi connectivity index (χ3v) is 3.34. The normalized spacial score (nSPS) is 10.9. The molecule has 0 radical (unpaired) electrons. The van der Waals surface area contributed by atoms with Crippen molar-refractivity contribution in [3.8, 4) is 17.4 Å². The molecule has 0 saturated heterocycles. The lowest BCUT2D eigenvalue weighted by molar-refractivity contribution is 0.463. The van der Waals surface area contributed by atoms with E-state index in [0.29, 0.717) is 29.1 Å².